The molecule has 11 N–H and O–H groups in total. The van der Waals surface area contributed by atoms with Crippen molar-refractivity contribution in [2.24, 2.45) is 44.8 Å². The number of hydrogen-bond donors (Lipinski definition) is 11. The van der Waals surface area contributed by atoms with Crippen LogP contribution in [-0.4, -0.2) is 161 Å². The molecule has 0 aromatic carbocycles. The molecule has 16 nitrogen and oxygen atoms in total. The average molecular weight is 831 g/mol. The molecule has 3 saturated carbocycles. The Labute approximate surface area is 340 Å². The molecule has 6 rings (SSSR count). The van der Waals surface area contributed by atoms with Crippen molar-refractivity contribution in [2.75, 3.05) is 13.2 Å². The second kappa shape index (κ2) is 16.4. The lowest BCUT2D eigenvalue weighted by Gasteiger charge is -2.71. The highest BCUT2D eigenvalue weighted by atomic mass is 16.7. The van der Waals surface area contributed by atoms with Crippen molar-refractivity contribution < 1.29 is 79.9 Å². The van der Waals surface area contributed by atoms with E-state index >= 15 is 0 Å². The number of carboxylic acids is 1. The topological polar surface area (TPSA) is 277 Å². The molecule has 2 aliphatic heterocycles. The largest absolute Gasteiger partial charge is 0.481 e. The summed E-state index contributed by atoms with van der Waals surface area (Å²) in [5.41, 5.74) is -2.34. The van der Waals surface area contributed by atoms with Crippen molar-refractivity contribution in [2.45, 2.75) is 186 Å². The lowest BCUT2D eigenvalue weighted by molar-refractivity contribution is -0.330. The molecule has 2 heterocycles. The zero-order valence-electron chi connectivity index (χ0n) is 34.9. The first-order valence-corrected chi connectivity index (χ1v) is 21.2. The zero-order chi connectivity index (χ0) is 43.1. The molecule has 58 heavy (non-hydrogen) atoms. The number of rotatable bonds is 11. The third-order valence-corrected chi connectivity index (χ3v) is 16.9. The molecule has 1 unspecified atom stereocenters. The Morgan fingerprint density at radius 2 is 1.34 bits per heavy atom. The highest BCUT2D eigenvalue weighted by molar-refractivity contribution is 5.78. The highest BCUT2D eigenvalue weighted by Gasteiger charge is 2.69. The molecule has 0 spiro atoms. The first-order valence-electron chi connectivity index (χ1n) is 21.2. The van der Waals surface area contributed by atoms with Gasteiger partial charge in [0, 0.05) is 5.92 Å². The standard InChI is InChI=1S/C42H70O16/c1-19(20(2)55-35-33(51)31(49)29(47)24(17-43)56-35)23(46)16-42(37(53)54)13-12-40(6)21(15-42)22(45)14-27-39(5)10-9-28(38(3,4)26(39)8-11-41(27,40)7)58-36-34(52)32(50)30(48)25(18-44)57-36/h15,19-20,22-36,43-52H,8-14,16-18H2,1-7H3,(H,53,54)/t19-,20-,22+,23?,24+,25+,26-,27+,28-,29+,30+,31-,32-,33+,34+,35+,36-,39-,40+,41+,42-/m0/s1. The lowest BCUT2D eigenvalue weighted by atomic mass is 9.34. The van der Waals surface area contributed by atoms with Crippen molar-refractivity contribution in [3.8, 4) is 0 Å². The Hall–Kier alpha value is -1.35. The summed E-state index contributed by atoms with van der Waals surface area (Å²) in [5, 5.41) is 116. The fourth-order valence-electron chi connectivity index (χ4n) is 12.7. The maximum absolute atomic E-state index is 13.2. The second-order valence-electron chi connectivity index (χ2n) is 20.1. The van der Waals surface area contributed by atoms with Gasteiger partial charge in [0.1, 0.15) is 48.8 Å². The Morgan fingerprint density at radius 3 is 1.91 bits per heavy atom. The second-order valence-corrected chi connectivity index (χ2v) is 20.1. The molecule has 334 valence electrons. The summed E-state index contributed by atoms with van der Waals surface area (Å²) in [7, 11) is 0. The molecule has 0 aromatic heterocycles. The van der Waals surface area contributed by atoms with E-state index in [-0.39, 0.29) is 41.6 Å². The van der Waals surface area contributed by atoms with E-state index in [1.54, 1.807) is 19.9 Å². The number of fused-ring (bicyclic) bond motifs is 5. The zero-order valence-corrected chi connectivity index (χ0v) is 34.9. The van der Waals surface area contributed by atoms with Gasteiger partial charge in [-0.25, -0.2) is 0 Å². The number of ether oxygens (including phenoxy) is 4. The molecule has 0 amide bonds. The molecule has 0 radical (unpaired) electrons. The van der Waals surface area contributed by atoms with E-state index in [0.717, 1.165) is 19.3 Å². The van der Waals surface area contributed by atoms with Gasteiger partial charge in [0.05, 0.1) is 43.0 Å². The van der Waals surface area contributed by atoms with E-state index in [0.29, 0.717) is 24.8 Å². The van der Waals surface area contributed by atoms with Crippen molar-refractivity contribution in [1.82, 2.24) is 0 Å². The van der Waals surface area contributed by atoms with E-state index in [1.165, 1.54) is 0 Å². The minimum atomic E-state index is -1.64. The van der Waals surface area contributed by atoms with Gasteiger partial charge < -0.3 is 75.1 Å². The molecule has 2 saturated heterocycles. The molecule has 21 atom stereocenters. The summed E-state index contributed by atoms with van der Waals surface area (Å²) in [6.45, 7) is 13.1. The summed E-state index contributed by atoms with van der Waals surface area (Å²) < 4.78 is 23.5. The van der Waals surface area contributed by atoms with E-state index in [2.05, 4.69) is 34.6 Å². The van der Waals surface area contributed by atoms with E-state index < -0.39 is 121 Å². The predicted octanol–water partition coefficient (Wildman–Crippen LogP) is 0.185. The van der Waals surface area contributed by atoms with Gasteiger partial charge in [0.25, 0.3) is 0 Å². The molecule has 5 fully saturated rings. The van der Waals surface area contributed by atoms with Gasteiger partial charge in [-0.3, -0.25) is 4.79 Å². The number of carbonyl (C=O) groups is 1. The smallest absolute Gasteiger partial charge is 0.313 e. The highest BCUT2D eigenvalue weighted by Crippen LogP contribution is 2.74. The lowest BCUT2D eigenvalue weighted by Crippen LogP contribution is -2.66. The van der Waals surface area contributed by atoms with Crippen LogP contribution in [-0.2, 0) is 23.7 Å². The van der Waals surface area contributed by atoms with Gasteiger partial charge in [-0.15, -0.1) is 0 Å². The van der Waals surface area contributed by atoms with Gasteiger partial charge in [-0.05, 0) is 97.4 Å². The summed E-state index contributed by atoms with van der Waals surface area (Å²) >= 11 is 0. The predicted molar refractivity (Wildman–Crippen MR) is 204 cm³/mol. The number of aliphatic carboxylic acids is 1. The van der Waals surface area contributed by atoms with Gasteiger partial charge in [-0.1, -0.05) is 47.6 Å². The van der Waals surface area contributed by atoms with E-state index in [4.69, 9.17) is 18.9 Å². The van der Waals surface area contributed by atoms with E-state index in [9.17, 15) is 61.0 Å². The SMILES string of the molecule is C[C@H](O[C@@H]1O[C@H](CO)[C@@H](O)[C@H](O)[C@H]1O)[C@H](C)C(O)C[C@@]1(C(=O)O)C=C2[C@H](O)C[C@@H]3[C@@]4(C)CC[C@H](O[C@@H]5O[C@H](CO)[C@@H](O)[C@H](O)[C@H]5O)C(C)(C)[C@@H]4CC[C@@]3(C)[C@]2(C)CC1. The van der Waals surface area contributed by atoms with E-state index in [1.807, 2.05) is 0 Å². The van der Waals surface area contributed by atoms with Crippen LogP contribution in [0, 0.1) is 44.8 Å². The summed E-state index contributed by atoms with van der Waals surface area (Å²) in [4.78, 5) is 13.2. The normalized spacial score (nSPS) is 50.7. The van der Waals surface area contributed by atoms with Crippen molar-refractivity contribution in [1.29, 1.82) is 0 Å². The molecular formula is C42H70O16. The third-order valence-electron chi connectivity index (χ3n) is 16.9. The van der Waals surface area contributed by atoms with Gasteiger partial charge >= 0.3 is 5.97 Å². The number of aliphatic hydroxyl groups is 10. The summed E-state index contributed by atoms with van der Waals surface area (Å²) in [6, 6.07) is 0. The van der Waals surface area contributed by atoms with Crippen LogP contribution in [0.5, 0.6) is 0 Å². The fraction of sp³-hybridized carbons (Fsp3) is 0.929. The maximum Gasteiger partial charge on any atom is 0.313 e. The van der Waals surface area contributed by atoms with Crippen LogP contribution in [0.1, 0.15) is 99.8 Å². The fourth-order valence-corrected chi connectivity index (χ4v) is 12.7. The Bertz CT molecular complexity index is 1510. The van der Waals surface area contributed by atoms with Crippen molar-refractivity contribution in [3.63, 3.8) is 0 Å². The quantitative estimate of drug-likeness (QED) is 0.0980. The summed E-state index contributed by atoms with van der Waals surface area (Å²) in [6.07, 6.45) is -11.9. The van der Waals surface area contributed by atoms with Crippen LogP contribution in [0.25, 0.3) is 0 Å². The van der Waals surface area contributed by atoms with Crippen LogP contribution in [0.15, 0.2) is 11.6 Å². The third kappa shape index (κ3) is 7.31. The van der Waals surface area contributed by atoms with Crippen LogP contribution in [0.4, 0.5) is 0 Å². The van der Waals surface area contributed by atoms with Gasteiger partial charge in [-0.2, -0.15) is 0 Å². The van der Waals surface area contributed by atoms with Crippen LogP contribution >= 0.6 is 0 Å². The Kier molecular flexibility index (Phi) is 13.1. The molecule has 0 aromatic rings. The first kappa shape index (κ1) is 46.2. The summed E-state index contributed by atoms with van der Waals surface area (Å²) in [5.74, 6) is -1.59. The van der Waals surface area contributed by atoms with Crippen LogP contribution in [0.3, 0.4) is 0 Å². The minimum Gasteiger partial charge on any atom is -0.481 e. The van der Waals surface area contributed by atoms with Crippen LogP contribution in [0.2, 0.25) is 0 Å². The maximum atomic E-state index is 13.2. The van der Waals surface area contributed by atoms with Crippen molar-refractivity contribution >= 4 is 5.97 Å². The Morgan fingerprint density at radius 1 is 0.776 bits per heavy atom. The molecule has 0 bridgehead atoms. The monoisotopic (exact) mass is 830 g/mol. The Balaban J connectivity index is 1.19. The number of hydrogen-bond acceptors (Lipinski definition) is 15. The first-order chi connectivity index (χ1) is 26.9. The van der Waals surface area contributed by atoms with Gasteiger partial charge in [0.15, 0.2) is 12.6 Å². The van der Waals surface area contributed by atoms with Gasteiger partial charge in [0.2, 0.25) is 0 Å². The minimum absolute atomic E-state index is 0.0618. The van der Waals surface area contributed by atoms with Crippen LogP contribution < -0.4 is 0 Å². The van der Waals surface area contributed by atoms with Crippen molar-refractivity contribution in [3.05, 3.63) is 11.6 Å². The number of aliphatic hydroxyl groups excluding tert-OH is 10. The molecular weight excluding hydrogens is 760 g/mol. The number of carboxylic acid groups (broad SMARTS) is 1. The average Bonchev–Trinajstić information content (AvgIpc) is 3.17. The molecule has 6 aliphatic rings. The molecule has 16 heteroatoms. The molecule has 4 aliphatic carbocycles.